The molecule has 2 fully saturated rings. The molecule has 4 heteroatoms. The number of nitrogens with zero attached hydrogens (tertiary/aromatic N) is 1. The van der Waals surface area contributed by atoms with Gasteiger partial charge >= 0.3 is 0 Å². The molecule has 0 N–H and O–H groups in total. The highest BCUT2D eigenvalue weighted by Crippen LogP contribution is 2.35. The topological polar surface area (TPSA) is 42.2 Å². The van der Waals surface area contributed by atoms with Crippen molar-refractivity contribution in [2.24, 2.45) is 5.92 Å². The van der Waals surface area contributed by atoms with Crippen LogP contribution < -0.4 is 0 Å². The van der Waals surface area contributed by atoms with Crippen molar-refractivity contribution in [2.45, 2.75) is 82.8 Å². The smallest absolute Gasteiger partial charge is 0.141 e. The normalized spacial score (nSPS) is 28.6. The van der Waals surface area contributed by atoms with Crippen LogP contribution in [0.5, 0.6) is 0 Å². The molecule has 2 saturated carbocycles. The molecule has 0 aromatic heterocycles. The van der Waals surface area contributed by atoms with Crippen molar-refractivity contribution in [1.29, 1.82) is 5.26 Å². The third-order valence-electron chi connectivity index (χ3n) is 6.18. The molecule has 0 spiro atoms. The van der Waals surface area contributed by atoms with Crippen molar-refractivity contribution in [3.63, 3.8) is 0 Å². The van der Waals surface area contributed by atoms with Crippen LogP contribution in [0.1, 0.15) is 81.8 Å². The molecule has 2 aliphatic carbocycles. The minimum absolute atomic E-state index is 0.130. The van der Waals surface area contributed by atoms with Gasteiger partial charge in [0, 0.05) is 13.2 Å². The van der Waals surface area contributed by atoms with Gasteiger partial charge in [-0.15, -0.1) is 0 Å². The number of hydrogen-bond acceptors (Lipinski definition) is 3. The molecule has 0 amide bonds. The third kappa shape index (κ3) is 5.77. The van der Waals surface area contributed by atoms with E-state index in [0.717, 1.165) is 50.9 Å². The predicted molar refractivity (Wildman–Crippen MR) is 104 cm³/mol. The van der Waals surface area contributed by atoms with Gasteiger partial charge in [0.2, 0.25) is 0 Å². The lowest BCUT2D eigenvalue weighted by atomic mass is 9.82. The van der Waals surface area contributed by atoms with Gasteiger partial charge in [0.25, 0.3) is 0 Å². The SMILES string of the molecule is CCCOC1CCC(COC2CCC(c3ccc(C#N)c(F)c3)CC2)CC1. The molecule has 0 aliphatic heterocycles. The van der Waals surface area contributed by atoms with Gasteiger partial charge < -0.3 is 9.47 Å². The van der Waals surface area contributed by atoms with E-state index in [0.29, 0.717) is 24.0 Å². The highest BCUT2D eigenvalue weighted by atomic mass is 19.1. The molecule has 0 heterocycles. The third-order valence-corrected chi connectivity index (χ3v) is 6.18. The second-order valence-electron chi connectivity index (χ2n) is 8.17. The van der Waals surface area contributed by atoms with Gasteiger partial charge in [-0.2, -0.15) is 5.26 Å². The summed E-state index contributed by atoms with van der Waals surface area (Å²) >= 11 is 0. The van der Waals surface area contributed by atoms with E-state index in [9.17, 15) is 4.39 Å². The Morgan fingerprint density at radius 2 is 1.67 bits per heavy atom. The summed E-state index contributed by atoms with van der Waals surface area (Å²) in [4.78, 5) is 0. The van der Waals surface area contributed by atoms with Gasteiger partial charge in [0.05, 0.1) is 17.8 Å². The van der Waals surface area contributed by atoms with E-state index in [1.807, 2.05) is 12.1 Å². The second-order valence-corrected chi connectivity index (χ2v) is 8.17. The Bertz CT molecular complexity index is 626. The maximum Gasteiger partial charge on any atom is 0.141 e. The molecule has 148 valence electrons. The Morgan fingerprint density at radius 1 is 1.00 bits per heavy atom. The van der Waals surface area contributed by atoms with Gasteiger partial charge in [-0.1, -0.05) is 13.0 Å². The fourth-order valence-electron chi connectivity index (χ4n) is 4.46. The lowest BCUT2D eigenvalue weighted by Gasteiger charge is -2.32. The van der Waals surface area contributed by atoms with Crippen LogP contribution >= 0.6 is 0 Å². The summed E-state index contributed by atoms with van der Waals surface area (Å²) in [5, 5.41) is 8.86. The van der Waals surface area contributed by atoms with Gasteiger partial charge in [0.1, 0.15) is 11.9 Å². The molecule has 0 bridgehead atoms. The van der Waals surface area contributed by atoms with Crippen LogP contribution in [0.3, 0.4) is 0 Å². The largest absolute Gasteiger partial charge is 0.378 e. The average Bonchev–Trinajstić information content (AvgIpc) is 2.72. The standard InChI is InChI=1S/C23H32FNO2/c1-2-13-26-21-9-3-17(4-10-21)16-27-22-11-7-18(8-12-22)19-5-6-20(15-25)23(24)14-19/h5-6,14,17-18,21-22H,2-4,7-13,16H2,1H3. The second kappa shape index (κ2) is 10.2. The quantitative estimate of drug-likeness (QED) is 0.613. The maximum absolute atomic E-state index is 13.8. The van der Waals surface area contributed by atoms with Crippen LogP contribution in [0, 0.1) is 23.1 Å². The van der Waals surface area contributed by atoms with E-state index < -0.39 is 5.82 Å². The minimum atomic E-state index is -0.396. The first-order valence-corrected chi connectivity index (χ1v) is 10.6. The Hall–Kier alpha value is -1.44. The summed E-state index contributed by atoms with van der Waals surface area (Å²) in [7, 11) is 0. The van der Waals surface area contributed by atoms with Crippen molar-refractivity contribution in [1.82, 2.24) is 0 Å². The Balaban J connectivity index is 1.37. The summed E-state index contributed by atoms with van der Waals surface area (Å²) in [6.07, 6.45) is 10.8. The Kier molecular flexibility index (Phi) is 7.67. The monoisotopic (exact) mass is 373 g/mol. The fraction of sp³-hybridized carbons (Fsp3) is 0.696. The van der Waals surface area contributed by atoms with Crippen molar-refractivity contribution >= 4 is 0 Å². The van der Waals surface area contributed by atoms with Crippen LogP contribution in [0.25, 0.3) is 0 Å². The first-order chi connectivity index (χ1) is 13.2. The number of hydrogen-bond donors (Lipinski definition) is 0. The zero-order valence-corrected chi connectivity index (χ0v) is 16.5. The van der Waals surface area contributed by atoms with Gasteiger partial charge in [-0.3, -0.25) is 0 Å². The van der Waals surface area contributed by atoms with E-state index in [-0.39, 0.29) is 5.56 Å². The molecular weight excluding hydrogens is 341 g/mol. The fourth-order valence-corrected chi connectivity index (χ4v) is 4.46. The van der Waals surface area contributed by atoms with Crippen molar-refractivity contribution in [3.8, 4) is 6.07 Å². The van der Waals surface area contributed by atoms with Crippen LogP contribution in [-0.4, -0.2) is 25.4 Å². The van der Waals surface area contributed by atoms with Crippen LogP contribution in [-0.2, 0) is 9.47 Å². The molecule has 0 radical (unpaired) electrons. The number of rotatable bonds is 7. The Labute approximate surface area is 162 Å². The summed E-state index contributed by atoms with van der Waals surface area (Å²) < 4.78 is 25.9. The van der Waals surface area contributed by atoms with Crippen molar-refractivity contribution < 1.29 is 13.9 Å². The van der Waals surface area contributed by atoms with E-state index >= 15 is 0 Å². The van der Waals surface area contributed by atoms with E-state index in [1.165, 1.54) is 25.7 Å². The zero-order valence-electron chi connectivity index (χ0n) is 16.5. The highest BCUT2D eigenvalue weighted by molar-refractivity contribution is 5.34. The first-order valence-electron chi connectivity index (χ1n) is 10.6. The number of halogens is 1. The minimum Gasteiger partial charge on any atom is -0.378 e. The summed E-state index contributed by atoms with van der Waals surface area (Å²) in [5.74, 6) is 0.668. The molecule has 1 aromatic carbocycles. The van der Waals surface area contributed by atoms with E-state index in [2.05, 4.69) is 6.92 Å². The zero-order chi connectivity index (χ0) is 19.1. The summed E-state index contributed by atoms with van der Waals surface area (Å²) in [6.45, 7) is 3.92. The molecule has 27 heavy (non-hydrogen) atoms. The van der Waals surface area contributed by atoms with Crippen LogP contribution in [0.15, 0.2) is 18.2 Å². The van der Waals surface area contributed by atoms with E-state index in [4.69, 9.17) is 14.7 Å². The molecule has 0 atom stereocenters. The Morgan fingerprint density at radius 3 is 2.30 bits per heavy atom. The molecule has 0 saturated heterocycles. The number of nitriles is 1. The van der Waals surface area contributed by atoms with Crippen LogP contribution in [0.2, 0.25) is 0 Å². The molecule has 1 aromatic rings. The molecule has 3 rings (SSSR count). The van der Waals surface area contributed by atoms with Crippen molar-refractivity contribution in [2.75, 3.05) is 13.2 Å². The lowest BCUT2D eigenvalue weighted by molar-refractivity contribution is -0.0250. The van der Waals surface area contributed by atoms with Gasteiger partial charge in [0.15, 0.2) is 0 Å². The molecule has 2 aliphatic rings. The molecule has 3 nitrogen and oxygen atoms in total. The van der Waals surface area contributed by atoms with Gasteiger partial charge in [-0.25, -0.2) is 4.39 Å². The first kappa shape index (κ1) is 20.3. The molecular formula is C23H32FNO2. The maximum atomic E-state index is 13.8. The average molecular weight is 374 g/mol. The lowest BCUT2D eigenvalue weighted by Crippen LogP contribution is -2.27. The highest BCUT2D eigenvalue weighted by Gasteiger charge is 2.26. The summed E-state index contributed by atoms with van der Waals surface area (Å²) in [5.41, 5.74) is 1.15. The summed E-state index contributed by atoms with van der Waals surface area (Å²) in [6, 6.07) is 6.95. The van der Waals surface area contributed by atoms with E-state index in [1.54, 1.807) is 12.1 Å². The number of benzene rings is 1. The van der Waals surface area contributed by atoms with Gasteiger partial charge in [-0.05, 0) is 87.3 Å². The predicted octanol–water partition coefficient (Wildman–Crippen LogP) is 5.73. The van der Waals surface area contributed by atoms with Crippen LogP contribution in [0.4, 0.5) is 4.39 Å². The van der Waals surface area contributed by atoms with Crippen molar-refractivity contribution in [3.05, 3.63) is 35.1 Å². The molecule has 0 unspecified atom stereocenters. The number of ether oxygens (including phenoxy) is 2.